The molecule has 0 aliphatic heterocycles. The van der Waals surface area contributed by atoms with Gasteiger partial charge in [0.05, 0.1) is 18.9 Å². The van der Waals surface area contributed by atoms with Crippen molar-refractivity contribution in [3.8, 4) is 11.4 Å². The van der Waals surface area contributed by atoms with Gasteiger partial charge < -0.3 is 15.4 Å². The Labute approximate surface area is 229 Å². The second kappa shape index (κ2) is 13.3. The summed E-state index contributed by atoms with van der Waals surface area (Å²) in [7, 11) is 0. The number of amides is 1. The molecule has 9 heteroatoms. The normalized spacial score (nSPS) is 10.7. The third-order valence-corrected chi connectivity index (χ3v) is 6.87. The number of anilines is 2. The van der Waals surface area contributed by atoms with Crippen molar-refractivity contribution in [1.29, 1.82) is 0 Å². The molecule has 1 aromatic heterocycles. The highest BCUT2D eigenvalue weighted by molar-refractivity contribution is 14.1. The smallest absolute Gasteiger partial charge is 0.234 e. The molecular weight excluding hydrogens is 585 g/mol. The third kappa shape index (κ3) is 7.47. The van der Waals surface area contributed by atoms with E-state index in [-0.39, 0.29) is 11.7 Å². The Morgan fingerprint density at radius 2 is 1.81 bits per heavy atom. The number of rotatable bonds is 12. The van der Waals surface area contributed by atoms with Crippen LogP contribution in [0.4, 0.5) is 11.4 Å². The summed E-state index contributed by atoms with van der Waals surface area (Å²) in [5, 5.41) is 15.8. The van der Waals surface area contributed by atoms with E-state index < -0.39 is 0 Å². The molecule has 0 aliphatic rings. The number of unbranched alkanes of at least 4 members (excludes halogenated alkanes) is 1. The lowest BCUT2D eigenvalue weighted by molar-refractivity contribution is -0.113. The summed E-state index contributed by atoms with van der Waals surface area (Å²) < 4.78 is 8.91. The Kier molecular flexibility index (Phi) is 9.62. The predicted octanol–water partition coefficient (Wildman–Crippen LogP) is 6.39. The molecule has 7 nitrogen and oxygen atoms in total. The fourth-order valence-electron chi connectivity index (χ4n) is 3.42. The number of benzene rings is 3. The van der Waals surface area contributed by atoms with Gasteiger partial charge in [0, 0.05) is 26.7 Å². The standard InChI is InChI=1S/C27H28IN5O2S/c1-2-3-16-35-24-11-7-8-22(17-24)30-26(34)19-36-27-32-31-25(33(27)23-9-5-4-6-10-23)18-29-21-14-12-20(28)13-15-21/h4-15,17,29H,2-3,16,18-19H2,1H3,(H,30,34). The van der Waals surface area contributed by atoms with E-state index in [0.717, 1.165) is 35.8 Å². The highest BCUT2D eigenvalue weighted by Crippen LogP contribution is 2.24. The van der Waals surface area contributed by atoms with E-state index in [0.29, 0.717) is 24.0 Å². The van der Waals surface area contributed by atoms with Crippen LogP contribution in [0.25, 0.3) is 5.69 Å². The highest BCUT2D eigenvalue weighted by atomic mass is 127. The van der Waals surface area contributed by atoms with Crippen LogP contribution in [0.1, 0.15) is 25.6 Å². The average Bonchev–Trinajstić information content (AvgIpc) is 3.31. The SMILES string of the molecule is CCCCOc1cccc(NC(=O)CSc2nnc(CNc3ccc(I)cc3)n2-c2ccccc2)c1. The maximum Gasteiger partial charge on any atom is 0.234 e. The molecule has 186 valence electrons. The first kappa shape index (κ1) is 26.0. The van der Waals surface area contributed by atoms with Gasteiger partial charge in [0.15, 0.2) is 11.0 Å². The number of thioether (sulfide) groups is 1. The van der Waals surface area contributed by atoms with E-state index in [1.807, 2.05) is 71.3 Å². The molecule has 4 aromatic rings. The van der Waals surface area contributed by atoms with E-state index in [9.17, 15) is 4.79 Å². The Morgan fingerprint density at radius 1 is 1.00 bits per heavy atom. The van der Waals surface area contributed by atoms with E-state index in [4.69, 9.17) is 4.74 Å². The van der Waals surface area contributed by atoms with Gasteiger partial charge in [-0.1, -0.05) is 49.4 Å². The number of para-hydroxylation sites is 1. The number of aromatic nitrogens is 3. The summed E-state index contributed by atoms with van der Waals surface area (Å²) in [6.07, 6.45) is 2.07. The lowest BCUT2D eigenvalue weighted by atomic mass is 10.3. The minimum Gasteiger partial charge on any atom is -0.494 e. The first-order valence-corrected chi connectivity index (χ1v) is 13.8. The number of halogens is 1. The summed E-state index contributed by atoms with van der Waals surface area (Å²) in [6.45, 7) is 3.29. The molecule has 0 saturated heterocycles. The minimum absolute atomic E-state index is 0.119. The van der Waals surface area contributed by atoms with Crippen LogP contribution >= 0.6 is 34.4 Å². The van der Waals surface area contributed by atoms with Crippen molar-refractivity contribution in [2.75, 3.05) is 23.0 Å². The molecule has 0 aliphatic carbocycles. The summed E-state index contributed by atoms with van der Waals surface area (Å²) in [4.78, 5) is 12.7. The fourth-order valence-corrected chi connectivity index (χ4v) is 4.55. The molecule has 0 saturated carbocycles. The number of carbonyl (C=O) groups excluding carboxylic acids is 1. The molecule has 2 N–H and O–H groups in total. The molecule has 3 aromatic carbocycles. The van der Waals surface area contributed by atoms with Crippen LogP contribution in [0.3, 0.4) is 0 Å². The van der Waals surface area contributed by atoms with E-state index in [1.54, 1.807) is 0 Å². The van der Waals surface area contributed by atoms with Gasteiger partial charge in [-0.25, -0.2) is 0 Å². The van der Waals surface area contributed by atoms with Crippen LogP contribution in [0.2, 0.25) is 0 Å². The Bertz CT molecular complexity index is 1260. The summed E-state index contributed by atoms with van der Waals surface area (Å²) >= 11 is 3.64. The monoisotopic (exact) mass is 613 g/mol. The molecule has 0 bridgehead atoms. The minimum atomic E-state index is -0.119. The molecule has 1 heterocycles. The molecule has 0 atom stereocenters. The molecular formula is C27H28IN5O2S. The summed E-state index contributed by atoms with van der Waals surface area (Å²) in [5.41, 5.74) is 2.66. The largest absolute Gasteiger partial charge is 0.494 e. The third-order valence-electron chi connectivity index (χ3n) is 5.23. The molecule has 0 spiro atoms. The van der Waals surface area contributed by atoms with Crippen molar-refractivity contribution in [1.82, 2.24) is 14.8 Å². The van der Waals surface area contributed by atoms with Crippen LogP contribution in [-0.2, 0) is 11.3 Å². The zero-order valence-corrected chi connectivity index (χ0v) is 23.0. The van der Waals surface area contributed by atoms with Gasteiger partial charge in [-0.3, -0.25) is 9.36 Å². The van der Waals surface area contributed by atoms with Gasteiger partial charge >= 0.3 is 0 Å². The Morgan fingerprint density at radius 3 is 2.58 bits per heavy atom. The molecule has 36 heavy (non-hydrogen) atoms. The zero-order valence-electron chi connectivity index (χ0n) is 20.0. The van der Waals surface area contributed by atoms with Crippen molar-refractivity contribution >= 4 is 51.6 Å². The van der Waals surface area contributed by atoms with Crippen LogP contribution in [0.5, 0.6) is 5.75 Å². The van der Waals surface area contributed by atoms with Gasteiger partial charge in [0.2, 0.25) is 5.91 Å². The van der Waals surface area contributed by atoms with E-state index in [2.05, 4.69) is 62.5 Å². The summed E-state index contributed by atoms with van der Waals surface area (Å²) in [6, 6.07) is 25.6. The van der Waals surface area contributed by atoms with Gasteiger partial charge in [-0.05, 0) is 77.5 Å². The lowest BCUT2D eigenvalue weighted by Crippen LogP contribution is -2.15. The van der Waals surface area contributed by atoms with Crippen molar-refractivity contribution in [2.45, 2.75) is 31.5 Å². The van der Waals surface area contributed by atoms with Gasteiger partial charge in [0.25, 0.3) is 0 Å². The fraction of sp³-hybridized carbons (Fsp3) is 0.222. The number of hydrogen-bond donors (Lipinski definition) is 2. The highest BCUT2D eigenvalue weighted by Gasteiger charge is 2.16. The van der Waals surface area contributed by atoms with Crippen LogP contribution in [0, 0.1) is 3.57 Å². The van der Waals surface area contributed by atoms with Crippen molar-refractivity contribution < 1.29 is 9.53 Å². The average molecular weight is 614 g/mol. The maximum absolute atomic E-state index is 12.7. The number of ether oxygens (including phenoxy) is 1. The summed E-state index contributed by atoms with van der Waals surface area (Å²) in [5.74, 6) is 1.60. The first-order valence-electron chi connectivity index (χ1n) is 11.8. The van der Waals surface area contributed by atoms with Gasteiger partial charge in [-0.2, -0.15) is 0 Å². The number of carbonyl (C=O) groups is 1. The number of hydrogen-bond acceptors (Lipinski definition) is 6. The van der Waals surface area contributed by atoms with Crippen LogP contribution < -0.4 is 15.4 Å². The number of nitrogens with zero attached hydrogens (tertiary/aromatic N) is 3. The molecule has 0 fully saturated rings. The topological polar surface area (TPSA) is 81.1 Å². The van der Waals surface area contributed by atoms with E-state index in [1.165, 1.54) is 15.3 Å². The number of nitrogens with one attached hydrogen (secondary N) is 2. The Balaban J connectivity index is 1.42. The van der Waals surface area contributed by atoms with Crippen molar-refractivity contribution in [2.24, 2.45) is 0 Å². The Hall–Kier alpha value is -3.05. The predicted molar refractivity (Wildman–Crippen MR) is 154 cm³/mol. The van der Waals surface area contributed by atoms with Crippen molar-refractivity contribution in [3.05, 3.63) is 88.3 Å². The van der Waals surface area contributed by atoms with Gasteiger partial charge in [-0.15, -0.1) is 10.2 Å². The lowest BCUT2D eigenvalue weighted by Gasteiger charge is -2.12. The second-order valence-corrected chi connectivity index (χ2v) is 10.2. The van der Waals surface area contributed by atoms with Crippen LogP contribution in [0.15, 0.2) is 84.0 Å². The quantitative estimate of drug-likeness (QED) is 0.110. The maximum atomic E-state index is 12.7. The first-order chi connectivity index (χ1) is 17.6. The molecule has 0 radical (unpaired) electrons. The zero-order chi connectivity index (χ0) is 25.2. The molecule has 0 unspecified atom stereocenters. The van der Waals surface area contributed by atoms with Crippen LogP contribution in [-0.4, -0.2) is 33.0 Å². The van der Waals surface area contributed by atoms with E-state index >= 15 is 0 Å². The second-order valence-electron chi connectivity index (χ2n) is 8.00. The van der Waals surface area contributed by atoms with Crippen molar-refractivity contribution in [3.63, 3.8) is 0 Å². The molecule has 1 amide bonds. The van der Waals surface area contributed by atoms with Gasteiger partial charge in [0.1, 0.15) is 5.75 Å². The molecule has 4 rings (SSSR count).